The van der Waals surface area contributed by atoms with E-state index >= 15 is 0 Å². The highest BCUT2D eigenvalue weighted by Gasteiger charge is 2.35. The Balaban J connectivity index is 1.95. The van der Waals surface area contributed by atoms with Crippen LogP contribution in [0.5, 0.6) is 0 Å². The first-order chi connectivity index (χ1) is 8.14. The number of hydrogen-bond acceptors (Lipinski definition) is 2. The molecule has 1 atom stereocenters. The molecular weight excluding hydrogens is 240 g/mol. The summed E-state index contributed by atoms with van der Waals surface area (Å²) in [5, 5.41) is 3.33. The van der Waals surface area contributed by atoms with Gasteiger partial charge in [-0.3, -0.25) is 0 Å². The van der Waals surface area contributed by atoms with E-state index in [1.54, 1.807) is 0 Å². The first kappa shape index (κ1) is 15.2. The normalized spacial score (nSPS) is 23.8. The van der Waals surface area contributed by atoms with E-state index in [-0.39, 0.29) is 18.8 Å². The molecule has 1 rings (SSSR count). The molecule has 0 heterocycles. The van der Waals surface area contributed by atoms with Crippen molar-refractivity contribution in [3.8, 4) is 0 Å². The number of alkyl halides is 2. The molecule has 4 heteroatoms. The van der Waals surface area contributed by atoms with Gasteiger partial charge in [-0.15, -0.1) is 0 Å². The van der Waals surface area contributed by atoms with Crippen LogP contribution in [0.1, 0.15) is 44.9 Å². The van der Waals surface area contributed by atoms with E-state index in [4.69, 9.17) is 0 Å². The summed E-state index contributed by atoms with van der Waals surface area (Å²) < 4.78 is 26.3. The molecule has 1 N–H and O–H groups in total. The minimum atomic E-state index is -2.40. The molecule has 0 bridgehead atoms. The fourth-order valence-corrected chi connectivity index (χ4v) is 2.92. The lowest BCUT2D eigenvalue weighted by atomic mass is 9.86. The van der Waals surface area contributed by atoms with Crippen molar-refractivity contribution in [1.29, 1.82) is 0 Å². The predicted molar refractivity (Wildman–Crippen MR) is 72.0 cm³/mol. The maximum absolute atomic E-state index is 13.1. The summed E-state index contributed by atoms with van der Waals surface area (Å²) in [4.78, 5) is 0. The highest BCUT2D eigenvalue weighted by molar-refractivity contribution is 7.98. The van der Waals surface area contributed by atoms with Crippen molar-refractivity contribution in [2.45, 2.75) is 50.9 Å². The van der Waals surface area contributed by atoms with E-state index in [1.165, 1.54) is 25.0 Å². The van der Waals surface area contributed by atoms with Crippen molar-refractivity contribution < 1.29 is 8.78 Å². The number of halogens is 2. The molecule has 1 saturated carbocycles. The largest absolute Gasteiger partial charge is 0.316 e. The summed E-state index contributed by atoms with van der Waals surface area (Å²) in [6.07, 6.45) is 7.65. The van der Waals surface area contributed by atoms with Crippen LogP contribution in [0.2, 0.25) is 0 Å². The van der Waals surface area contributed by atoms with Crippen molar-refractivity contribution in [2.75, 3.05) is 25.1 Å². The summed E-state index contributed by atoms with van der Waals surface area (Å²) in [6, 6.07) is 0. The Bertz CT molecular complexity index is 200. The monoisotopic (exact) mass is 265 g/mol. The van der Waals surface area contributed by atoms with Crippen LogP contribution in [0.4, 0.5) is 8.78 Å². The average molecular weight is 265 g/mol. The van der Waals surface area contributed by atoms with Gasteiger partial charge in [-0.05, 0) is 56.7 Å². The van der Waals surface area contributed by atoms with Gasteiger partial charge in [-0.25, -0.2) is 8.78 Å². The number of nitrogens with one attached hydrogen (secondary N) is 1. The van der Waals surface area contributed by atoms with Gasteiger partial charge < -0.3 is 5.32 Å². The van der Waals surface area contributed by atoms with Gasteiger partial charge in [0.2, 0.25) is 5.92 Å². The van der Waals surface area contributed by atoms with Crippen LogP contribution in [0, 0.1) is 5.92 Å². The first-order valence-corrected chi connectivity index (χ1v) is 8.11. The Kier molecular flexibility index (Phi) is 7.44. The number of thioether (sulfide) groups is 1. The topological polar surface area (TPSA) is 12.0 Å². The minimum Gasteiger partial charge on any atom is -0.316 e. The maximum atomic E-state index is 13.1. The maximum Gasteiger partial charge on any atom is 0.248 e. The van der Waals surface area contributed by atoms with Crippen LogP contribution < -0.4 is 5.32 Å². The summed E-state index contributed by atoms with van der Waals surface area (Å²) >= 11 is 1.88. The molecule has 102 valence electrons. The molecular formula is C13H25F2NS. The second-order valence-electron chi connectivity index (χ2n) is 5.08. The molecule has 0 radical (unpaired) electrons. The van der Waals surface area contributed by atoms with Gasteiger partial charge in [-0.2, -0.15) is 11.8 Å². The number of unbranched alkanes of at least 4 members (excludes halogenated alkanes) is 2. The van der Waals surface area contributed by atoms with Gasteiger partial charge in [0.15, 0.2) is 0 Å². The fraction of sp³-hybridized carbons (Fsp3) is 1.00. The van der Waals surface area contributed by atoms with E-state index in [9.17, 15) is 8.78 Å². The van der Waals surface area contributed by atoms with Crippen LogP contribution in [-0.4, -0.2) is 31.0 Å². The highest BCUT2D eigenvalue weighted by Crippen LogP contribution is 2.36. The summed E-state index contributed by atoms with van der Waals surface area (Å²) in [5.74, 6) is -0.984. The van der Waals surface area contributed by atoms with Gasteiger partial charge >= 0.3 is 0 Å². The van der Waals surface area contributed by atoms with Crippen molar-refractivity contribution in [3.05, 3.63) is 0 Å². The van der Waals surface area contributed by atoms with E-state index in [0.717, 1.165) is 19.5 Å². The lowest BCUT2D eigenvalue weighted by Gasteiger charge is -2.29. The Morgan fingerprint density at radius 1 is 1.29 bits per heavy atom. The molecule has 1 unspecified atom stereocenters. The summed E-state index contributed by atoms with van der Waals surface area (Å²) in [7, 11) is 0. The van der Waals surface area contributed by atoms with Crippen LogP contribution >= 0.6 is 11.8 Å². The molecule has 0 aromatic heterocycles. The van der Waals surface area contributed by atoms with Crippen LogP contribution in [0.3, 0.4) is 0 Å². The lowest BCUT2D eigenvalue weighted by molar-refractivity contribution is -0.0519. The number of hydrogen-bond donors (Lipinski definition) is 1. The Morgan fingerprint density at radius 2 is 2.12 bits per heavy atom. The third-order valence-electron chi connectivity index (χ3n) is 3.38. The van der Waals surface area contributed by atoms with Gasteiger partial charge in [0.25, 0.3) is 0 Å². The lowest BCUT2D eigenvalue weighted by Crippen LogP contribution is -2.32. The van der Waals surface area contributed by atoms with Crippen molar-refractivity contribution in [2.24, 2.45) is 5.92 Å². The molecule has 17 heavy (non-hydrogen) atoms. The van der Waals surface area contributed by atoms with Gasteiger partial charge in [0, 0.05) is 12.8 Å². The summed E-state index contributed by atoms with van der Waals surface area (Å²) in [5.41, 5.74) is 0. The molecule has 0 saturated heterocycles. The summed E-state index contributed by atoms with van der Waals surface area (Å²) in [6.45, 7) is 1.76. The zero-order valence-electron chi connectivity index (χ0n) is 10.8. The standard InChI is InChI=1S/C13H25F2NS/c1-17-9-4-2-3-8-16-11-12-6-5-7-13(14,15)10-12/h12,16H,2-11H2,1H3. The third kappa shape index (κ3) is 7.24. The molecule has 0 aromatic carbocycles. The van der Waals surface area contributed by atoms with Gasteiger partial charge in [-0.1, -0.05) is 6.42 Å². The van der Waals surface area contributed by atoms with E-state index in [0.29, 0.717) is 6.42 Å². The Morgan fingerprint density at radius 3 is 2.82 bits per heavy atom. The van der Waals surface area contributed by atoms with Crippen LogP contribution in [0.25, 0.3) is 0 Å². The molecule has 1 nitrogen and oxygen atoms in total. The van der Waals surface area contributed by atoms with Crippen LogP contribution in [0.15, 0.2) is 0 Å². The zero-order chi connectivity index (χ0) is 12.6. The smallest absolute Gasteiger partial charge is 0.248 e. The molecule has 0 aromatic rings. The molecule has 1 aliphatic carbocycles. The third-order valence-corrected chi connectivity index (χ3v) is 4.07. The Hall–Kier alpha value is 0.170. The zero-order valence-corrected chi connectivity index (χ0v) is 11.6. The SMILES string of the molecule is CSCCCCCNCC1CCCC(F)(F)C1. The highest BCUT2D eigenvalue weighted by atomic mass is 32.2. The Labute approximate surface area is 108 Å². The number of rotatable bonds is 8. The second kappa shape index (κ2) is 8.30. The van der Waals surface area contributed by atoms with E-state index in [1.807, 2.05) is 11.8 Å². The second-order valence-corrected chi connectivity index (χ2v) is 6.06. The first-order valence-electron chi connectivity index (χ1n) is 6.71. The van der Waals surface area contributed by atoms with E-state index < -0.39 is 5.92 Å². The molecule has 0 spiro atoms. The van der Waals surface area contributed by atoms with Gasteiger partial charge in [0.1, 0.15) is 0 Å². The van der Waals surface area contributed by atoms with Crippen LogP contribution in [-0.2, 0) is 0 Å². The quantitative estimate of drug-likeness (QED) is 0.667. The van der Waals surface area contributed by atoms with Crippen molar-refractivity contribution in [1.82, 2.24) is 5.32 Å². The molecule has 0 aliphatic heterocycles. The van der Waals surface area contributed by atoms with E-state index in [2.05, 4.69) is 11.6 Å². The molecule has 1 aliphatic rings. The van der Waals surface area contributed by atoms with Gasteiger partial charge in [0.05, 0.1) is 0 Å². The van der Waals surface area contributed by atoms with Crippen molar-refractivity contribution >= 4 is 11.8 Å². The van der Waals surface area contributed by atoms with Crippen molar-refractivity contribution in [3.63, 3.8) is 0 Å². The minimum absolute atomic E-state index is 0.0898. The average Bonchev–Trinajstić information content (AvgIpc) is 2.27. The molecule has 1 fully saturated rings. The predicted octanol–water partition coefficient (Wildman–Crippen LogP) is 3.93. The molecule has 0 amide bonds. The fourth-order valence-electron chi connectivity index (χ4n) is 2.43.